The molecule has 3 aromatic rings. The molecule has 2 amide bonds. The number of rotatable bonds is 2. The summed E-state index contributed by atoms with van der Waals surface area (Å²) in [7, 11) is 1.63. The fraction of sp³-hybridized carbons (Fsp3) is 0.444. The number of nitrogens with zero attached hydrogens (tertiary/aromatic N) is 6. The standard InChI is InChI=1S/C27H31N7O4/c1-31-9-7-28-25(35)12-20-14-32(13-18-4-5-24-19(11-18)6-10-38-24)17-23(20)34-16-21(29-30-34)15-33-8-2-3-22(26(31)36)27(33)37/h2-5,8,11,16,20,23H,6-7,9-10,12-15,17H2,1H3,(H,28,35)/t20-,23+/m0/s1. The van der Waals surface area contributed by atoms with Crippen molar-refractivity contribution in [3.8, 4) is 5.75 Å². The van der Waals surface area contributed by atoms with Crippen molar-refractivity contribution in [2.24, 2.45) is 5.92 Å². The van der Waals surface area contributed by atoms with E-state index >= 15 is 0 Å². The van der Waals surface area contributed by atoms with Crippen LogP contribution in [-0.4, -0.2) is 81.0 Å². The third kappa shape index (κ3) is 4.81. The first-order valence-corrected chi connectivity index (χ1v) is 13.0. The molecule has 11 nitrogen and oxygen atoms in total. The number of aromatic nitrogens is 4. The zero-order chi connectivity index (χ0) is 26.2. The van der Waals surface area contributed by atoms with Crippen molar-refractivity contribution in [1.29, 1.82) is 0 Å². The molecule has 0 saturated carbocycles. The van der Waals surface area contributed by atoms with Crippen LogP contribution in [0.3, 0.4) is 0 Å². The second kappa shape index (κ2) is 10.1. The first kappa shape index (κ1) is 24.4. The van der Waals surface area contributed by atoms with E-state index in [-0.39, 0.29) is 41.4 Å². The van der Waals surface area contributed by atoms with Crippen LogP contribution in [-0.2, 0) is 24.3 Å². The Hall–Kier alpha value is -3.99. The highest BCUT2D eigenvalue weighted by Gasteiger charge is 2.36. The predicted octanol–water partition coefficient (Wildman–Crippen LogP) is 0.688. The Labute approximate surface area is 220 Å². The zero-order valence-electron chi connectivity index (χ0n) is 21.4. The molecular weight excluding hydrogens is 486 g/mol. The van der Waals surface area contributed by atoms with Gasteiger partial charge in [0.25, 0.3) is 11.5 Å². The monoisotopic (exact) mass is 517 g/mol. The lowest BCUT2D eigenvalue weighted by atomic mass is 9.99. The van der Waals surface area contributed by atoms with E-state index in [4.69, 9.17) is 4.74 Å². The average Bonchev–Trinajstić information content (AvgIpc) is 3.64. The molecule has 1 N–H and O–H groups in total. The number of nitrogens with one attached hydrogen (secondary N) is 1. The maximum Gasteiger partial charge on any atom is 0.263 e. The van der Waals surface area contributed by atoms with Gasteiger partial charge in [0.05, 0.1) is 25.4 Å². The van der Waals surface area contributed by atoms with Gasteiger partial charge in [-0.25, -0.2) is 4.68 Å². The number of carbonyl (C=O) groups excluding carboxylic acids is 2. The van der Waals surface area contributed by atoms with Crippen LogP contribution in [0.2, 0.25) is 0 Å². The third-order valence-corrected chi connectivity index (χ3v) is 7.69. The Bertz CT molecular complexity index is 1430. The first-order valence-electron chi connectivity index (χ1n) is 13.0. The highest BCUT2D eigenvalue weighted by atomic mass is 16.5. The van der Waals surface area contributed by atoms with Crippen LogP contribution in [0.1, 0.15) is 39.6 Å². The average molecular weight is 518 g/mol. The van der Waals surface area contributed by atoms with Crippen molar-refractivity contribution in [3.63, 3.8) is 0 Å². The Morgan fingerprint density at radius 3 is 2.95 bits per heavy atom. The van der Waals surface area contributed by atoms with E-state index in [1.54, 1.807) is 19.3 Å². The summed E-state index contributed by atoms with van der Waals surface area (Å²) in [4.78, 5) is 42.7. The van der Waals surface area contributed by atoms with Crippen LogP contribution in [0.4, 0.5) is 0 Å². The number of hydrogen-bond donors (Lipinski definition) is 1. The van der Waals surface area contributed by atoms with Crippen LogP contribution in [0, 0.1) is 5.92 Å². The minimum Gasteiger partial charge on any atom is -0.493 e. The van der Waals surface area contributed by atoms with Crippen LogP contribution in [0.15, 0.2) is 47.5 Å². The number of amides is 2. The molecule has 1 aromatic carbocycles. The van der Waals surface area contributed by atoms with E-state index in [1.807, 2.05) is 16.9 Å². The molecule has 0 aliphatic carbocycles. The van der Waals surface area contributed by atoms with Crippen molar-refractivity contribution < 1.29 is 14.3 Å². The number of hydrogen-bond acceptors (Lipinski definition) is 7. The molecular formula is C27H31N7O4. The van der Waals surface area contributed by atoms with Crippen molar-refractivity contribution in [2.75, 3.05) is 39.8 Å². The molecule has 3 aliphatic rings. The lowest BCUT2D eigenvalue weighted by molar-refractivity contribution is -0.122. The molecule has 0 radical (unpaired) electrons. The Balaban J connectivity index is 1.27. The van der Waals surface area contributed by atoms with Crippen molar-refractivity contribution in [3.05, 3.63) is 75.5 Å². The normalized spacial score (nSPS) is 22.1. The van der Waals surface area contributed by atoms with Gasteiger partial charge in [-0.1, -0.05) is 17.3 Å². The summed E-state index contributed by atoms with van der Waals surface area (Å²) < 4.78 is 8.97. The number of carbonyl (C=O) groups is 2. The summed E-state index contributed by atoms with van der Waals surface area (Å²) in [5.74, 6) is 0.574. The quantitative estimate of drug-likeness (QED) is 0.532. The second-order valence-corrected chi connectivity index (χ2v) is 10.4. The number of benzene rings is 1. The molecule has 4 bridgehead atoms. The van der Waals surface area contributed by atoms with Gasteiger partial charge in [-0.2, -0.15) is 0 Å². The first-order chi connectivity index (χ1) is 18.4. The zero-order valence-corrected chi connectivity index (χ0v) is 21.4. The van der Waals surface area contributed by atoms with Crippen molar-refractivity contribution >= 4 is 11.8 Å². The maximum absolute atomic E-state index is 13.0. The molecule has 198 valence electrons. The maximum atomic E-state index is 13.0. The van der Waals surface area contributed by atoms with Gasteiger partial charge in [0.1, 0.15) is 17.0 Å². The molecule has 38 heavy (non-hydrogen) atoms. The summed E-state index contributed by atoms with van der Waals surface area (Å²) in [6.07, 6.45) is 4.79. The summed E-state index contributed by atoms with van der Waals surface area (Å²) in [5, 5.41) is 11.7. The van der Waals surface area contributed by atoms with E-state index in [0.717, 1.165) is 38.4 Å². The summed E-state index contributed by atoms with van der Waals surface area (Å²) in [6, 6.07) is 9.56. The van der Waals surface area contributed by atoms with E-state index in [0.29, 0.717) is 25.2 Å². The van der Waals surface area contributed by atoms with Gasteiger partial charge < -0.3 is 19.5 Å². The largest absolute Gasteiger partial charge is 0.493 e. The lowest BCUT2D eigenvalue weighted by Gasteiger charge is -2.20. The third-order valence-electron chi connectivity index (χ3n) is 7.69. The smallest absolute Gasteiger partial charge is 0.263 e. The fourth-order valence-corrected chi connectivity index (χ4v) is 5.69. The molecule has 3 aliphatic heterocycles. The van der Waals surface area contributed by atoms with E-state index in [1.165, 1.54) is 26.7 Å². The van der Waals surface area contributed by atoms with Gasteiger partial charge in [0, 0.05) is 64.7 Å². The van der Waals surface area contributed by atoms with Gasteiger partial charge in [-0.3, -0.25) is 19.3 Å². The van der Waals surface area contributed by atoms with Gasteiger partial charge in [0.2, 0.25) is 5.91 Å². The number of fused-ring (bicyclic) bond motifs is 7. The molecule has 1 fully saturated rings. The summed E-state index contributed by atoms with van der Waals surface area (Å²) in [6.45, 7) is 3.83. The van der Waals surface area contributed by atoms with Crippen LogP contribution in [0.5, 0.6) is 5.75 Å². The Morgan fingerprint density at radius 2 is 2.05 bits per heavy atom. The number of pyridine rings is 1. The predicted molar refractivity (Wildman–Crippen MR) is 138 cm³/mol. The van der Waals surface area contributed by atoms with Gasteiger partial charge >= 0.3 is 0 Å². The molecule has 2 atom stereocenters. The second-order valence-electron chi connectivity index (χ2n) is 10.4. The van der Waals surface area contributed by atoms with E-state index in [2.05, 4.69) is 32.7 Å². The number of likely N-dealkylation sites (tertiary alicyclic amines) is 1. The van der Waals surface area contributed by atoms with Crippen molar-refractivity contribution in [1.82, 2.24) is 34.7 Å². The minimum absolute atomic E-state index is 0.0278. The van der Waals surface area contributed by atoms with Gasteiger partial charge in [-0.05, 0) is 29.3 Å². The topological polar surface area (TPSA) is 115 Å². The molecule has 0 spiro atoms. The SMILES string of the molecule is CN1CCNC(=O)C[C@H]2CN(Cc3ccc4c(c3)CCO4)C[C@H]2n2cc(nn2)Cn2cccc(c2=O)C1=O. The molecule has 1 saturated heterocycles. The van der Waals surface area contributed by atoms with Gasteiger partial charge in [0.15, 0.2) is 0 Å². The fourth-order valence-electron chi connectivity index (χ4n) is 5.69. The van der Waals surface area contributed by atoms with Crippen molar-refractivity contribution in [2.45, 2.75) is 32.0 Å². The van der Waals surface area contributed by atoms with E-state index < -0.39 is 0 Å². The molecule has 0 unspecified atom stereocenters. The molecule has 6 rings (SSSR count). The number of ether oxygens (including phenoxy) is 1. The van der Waals surface area contributed by atoms with Crippen LogP contribution < -0.4 is 15.6 Å². The Morgan fingerprint density at radius 1 is 1.16 bits per heavy atom. The Kier molecular flexibility index (Phi) is 6.44. The molecule has 11 heteroatoms. The van der Waals surface area contributed by atoms with E-state index in [9.17, 15) is 14.4 Å². The number of likely N-dealkylation sites (N-methyl/N-ethyl adjacent to an activating group) is 1. The van der Waals surface area contributed by atoms with Crippen LogP contribution in [0.25, 0.3) is 0 Å². The summed E-state index contributed by atoms with van der Waals surface area (Å²) >= 11 is 0. The highest BCUT2D eigenvalue weighted by molar-refractivity contribution is 5.93. The minimum atomic E-state index is -0.376. The highest BCUT2D eigenvalue weighted by Crippen LogP contribution is 2.32. The molecule has 5 heterocycles. The summed E-state index contributed by atoms with van der Waals surface area (Å²) in [5.41, 5.74) is 2.81. The molecule has 2 aromatic heterocycles. The van der Waals surface area contributed by atoms with Gasteiger partial charge in [-0.15, -0.1) is 5.10 Å². The van der Waals surface area contributed by atoms with Crippen LogP contribution >= 0.6 is 0 Å². The lowest BCUT2D eigenvalue weighted by Crippen LogP contribution is -2.39.